The van der Waals surface area contributed by atoms with E-state index in [2.05, 4.69) is 69.3 Å². The third kappa shape index (κ3) is 3.79. The van der Waals surface area contributed by atoms with Crippen molar-refractivity contribution < 1.29 is 14.2 Å². The summed E-state index contributed by atoms with van der Waals surface area (Å²) in [7, 11) is 2.82. The van der Waals surface area contributed by atoms with Crippen LogP contribution < -0.4 is 19.5 Å². The van der Waals surface area contributed by atoms with Gasteiger partial charge in [-0.1, -0.05) is 69.3 Å². The molecule has 0 bridgehead atoms. The Morgan fingerprint density at radius 3 is 2.07 bits per heavy atom. The number of rotatable bonds is 5. The standard InChI is InChI=1S/C26H29O3P/c1-26(2,3)30-23(17-18-11-7-6-8-12-18)29-22-16-9-13-19(25(22)30)24-20(27-4)14-10-15-21(24)28-5/h6-16,23H,17H2,1-5H3/t23-,30+/m0/s1. The average Bonchev–Trinajstić information content (AvgIpc) is 3.12. The van der Waals surface area contributed by atoms with Crippen LogP contribution in [0, 0.1) is 0 Å². The summed E-state index contributed by atoms with van der Waals surface area (Å²) in [5, 5.41) is 1.40. The SMILES string of the molecule is COc1cccc(OC)c1-c1cccc2c1[P@](C(C)(C)C)[C@@H](Cc1ccccc1)O2. The van der Waals surface area contributed by atoms with Crippen molar-refractivity contribution in [2.45, 2.75) is 38.2 Å². The van der Waals surface area contributed by atoms with Gasteiger partial charge in [-0.2, -0.15) is 0 Å². The van der Waals surface area contributed by atoms with Crippen LogP contribution in [0.5, 0.6) is 17.2 Å². The normalized spacial score (nSPS) is 17.9. The minimum absolute atomic E-state index is 0.0887. The molecule has 0 unspecified atom stereocenters. The quantitative estimate of drug-likeness (QED) is 0.458. The number of methoxy groups -OCH3 is 2. The van der Waals surface area contributed by atoms with Crippen molar-refractivity contribution in [2.75, 3.05) is 14.2 Å². The Morgan fingerprint density at radius 2 is 1.47 bits per heavy atom. The Labute approximate surface area is 180 Å². The molecule has 156 valence electrons. The molecule has 0 N–H and O–H groups in total. The van der Waals surface area contributed by atoms with Gasteiger partial charge in [-0.15, -0.1) is 0 Å². The summed E-state index contributed by atoms with van der Waals surface area (Å²) in [6.07, 6.45) is 0.904. The minimum Gasteiger partial charge on any atom is -0.496 e. The molecule has 0 amide bonds. The van der Waals surface area contributed by atoms with E-state index in [1.54, 1.807) is 14.2 Å². The Hall–Kier alpha value is -2.51. The molecule has 2 atom stereocenters. The summed E-state index contributed by atoms with van der Waals surface area (Å²) in [6.45, 7) is 6.97. The highest BCUT2D eigenvalue weighted by atomic mass is 31.1. The summed E-state index contributed by atoms with van der Waals surface area (Å²) in [5.74, 6) is 2.76. The molecule has 4 rings (SSSR count). The number of fused-ring (bicyclic) bond motifs is 1. The zero-order chi connectivity index (χ0) is 21.3. The molecule has 0 fully saturated rings. The molecule has 0 aliphatic carbocycles. The van der Waals surface area contributed by atoms with Crippen LogP contribution in [0.25, 0.3) is 11.1 Å². The average molecular weight is 420 g/mol. The Kier molecular flexibility index (Phi) is 5.75. The Morgan fingerprint density at radius 1 is 0.833 bits per heavy atom. The van der Waals surface area contributed by atoms with Gasteiger partial charge in [0.2, 0.25) is 0 Å². The molecule has 0 spiro atoms. The largest absolute Gasteiger partial charge is 0.496 e. The van der Waals surface area contributed by atoms with E-state index in [0.29, 0.717) is 0 Å². The van der Waals surface area contributed by atoms with Gasteiger partial charge in [-0.3, -0.25) is 0 Å². The van der Waals surface area contributed by atoms with Crippen LogP contribution in [0.3, 0.4) is 0 Å². The number of hydrogen-bond acceptors (Lipinski definition) is 3. The van der Waals surface area contributed by atoms with E-state index in [9.17, 15) is 0 Å². The summed E-state index contributed by atoms with van der Waals surface area (Å²) >= 11 is 0. The molecular formula is C26H29O3P. The predicted octanol–water partition coefficient (Wildman–Crippen LogP) is 6.24. The zero-order valence-electron chi connectivity index (χ0n) is 18.3. The highest BCUT2D eigenvalue weighted by molar-refractivity contribution is 7.68. The molecule has 4 heteroatoms. The molecule has 0 radical (unpaired) electrons. The zero-order valence-corrected chi connectivity index (χ0v) is 19.2. The third-order valence-electron chi connectivity index (χ3n) is 5.46. The van der Waals surface area contributed by atoms with Crippen LogP contribution in [-0.2, 0) is 6.42 Å². The van der Waals surface area contributed by atoms with Crippen LogP contribution in [0.1, 0.15) is 26.3 Å². The molecule has 1 heterocycles. The van der Waals surface area contributed by atoms with Gasteiger partial charge in [-0.25, -0.2) is 0 Å². The fourth-order valence-electron chi connectivity index (χ4n) is 4.24. The van der Waals surface area contributed by atoms with Crippen LogP contribution in [-0.4, -0.2) is 25.2 Å². The molecule has 1 aliphatic rings. The first-order chi connectivity index (χ1) is 14.4. The fourth-order valence-corrected chi connectivity index (χ4v) is 7.49. The van der Waals surface area contributed by atoms with Gasteiger partial charge in [0, 0.05) is 17.3 Å². The molecule has 3 aromatic carbocycles. The molecule has 1 aliphatic heterocycles. The second kappa shape index (κ2) is 8.32. The van der Waals surface area contributed by atoms with Crippen LogP contribution in [0.4, 0.5) is 0 Å². The lowest BCUT2D eigenvalue weighted by Gasteiger charge is -2.33. The van der Waals surface area contributed by atoms with Gasteiger partial charge in [0.15, 0.2) is 0 Å². The van der Waals surface area contributed by atoms with Gasteiger partial charge in [0.05, 0.1) is 19.8 Å². The van der Waals surface area contributed by atoms with Gasteiger partial charge >= 0.3 is 0 Å². The first-order valence-corrected chi connectivity index (χ1v) is 11.7. The maximum Gasteiger partial charge on any atom is 0.130 e. The Bertz CT molecular complexity index is 1000. The lowest BCUT2D eigenvalue weighted by Crippen LogP contribution is -2.26. The van der Waals surface area contributed by atoms with Gasteiger partial charge < -0.3 is 14.2 Å². The first-order valence-electron chi connectivity index (χ1n) is 10.3. The topological polar surface area (TPSA) is 27.7 Å². The molecular weight excluding hydrogens is 391 g/mol. The summed E-state index contributed by atoms with van der Waals surface area (Å²) in [5.41, 5.74) is 3.46. The predicted molar refractivity (Wildman–Crippen MR) is 126 cm³/mol. The van der Waals surface area contributed by atoms with E-state index in [1.807, 2.05) is 18.2 Å². The van der Waals surface area contributed by atoms with Crippen LogP contribution >= 0.6 is 7.92 Å². The van der Waals surface area contributed by atoms with Crippen molar-refractivity contribution in [3.63, 3.8) is 0 Å². The van der Waals surface area contributed by atoms with E-state index >= 15 is 0 Å². The highest BCUT2D eigenvalue weighted by Gasteiger charge is 2.43. The molecule has 3 aromatic rings. The fraction of sp³-hybridized carbons (Fsp3) is 0.308. The summed E-state index contributed by atoms with van der Waals surface area (Å²) in [6, 6.07) is 22.9. The molecule has 0 aromatic heterocycles. The van der Waals surface area contributed by atoms with Gasteiger partial charge in [-0.05, 0) is 36.8 Å². The lowest BCUT2D eigenvalue weighted by molar-refractivity contribution is 0.293. The maximum atomic E-state index is 6.61. The van der Waals surface area contributed by atoms with E-state index in [-0.39, 0.29) is 11.0 Å². The van der Waals surface area contributed by atoms with Crippen molar-refractivity contribution in [1.82, 2.24) is 0 Å². The smallest absolute Gasteiger partial charge is 0.130 e. The Balaban J connectivity index is 1.87. The van der Waals surface area contributed by atoms with E-state index in [4.69, 9.17) is 14.2 Å². The summed E-state index contributed by atoms with van der Waals surface area (Å²) in [4.78, 5) is 0. The monoisotopic (exact) mass is 420 g/mol. The maximum absolute atomic E-state index is 6.61. The highest BCUT2D eigenvalue weighted by Crippen LogP contribution is 2.61. The van der Waals surface area contributed by atoms with E-state index in [0.717, 1.165) is 34.8 Å². The van der Waals surface area contributed by atoms with Crippen molar-refractivity contribution in [2.24, 2.45) is 0 Å². The van der Waals surface area contributed by atoms with Crippen LogP contribution in [0.15, 0.2) is 66.7 Å². The van der Waals surface area contributed by atoms with Crippen LogP contribution in [0.2, 0.25) is 0 Å². The summed E-state index contributed by atoms with van der Waals surface area (Å²) < 4.78 is 18.1. The van der Waals surface area contributed by atoms with Gasteiger partial charge in [0.25, 0.3) is 0 Å². The molecule has 30 heavy (non-hydrogen) atoms. The third-order valence-corrected chi connectivity index (χ3v) is 8.72. The first kappa shape index (κ1) is 20.8. The number of hydrogen-bond donors (Lipinski definition) is 0. The molecule has 0 saturated carbocycles. The minimum atomic E-state index is -0.602. The van der Waals surface area contributed by atoms with Crippen molar-refractivity contribution in [1.29, 1.82) is 0 Å². The van der Waals surface area contributed by atoms with Crippen molar-refractivity contribution >= 4 is 13.2 Å². The van der Waals surface area contributed by atoms with Crippen molar-refractivity contribution in [3.8, 4) is 28.4 Å². The molecule has 0 saturated heterocycles. The van der Waals surface area contributed by atoms with Crippen molar-refractivity contribution in [3.05, 3.63) is 72.3 Å². The van der Waals surface area contributed by atoms with Gasteiger partial charge in [0.1, 0.15) is 23.1 Å². The number of ether oxygens (including phenoxy) is 3. The lowest BCUT2D eigenvalue weighted by atomic mass is 10.0. The second-order valence-electron chi connectivity index (χ2n) is 8.49. The van der Waals surface area contributed by atoms with E-state index < -0.39 is 7.92 Å². The van der Waals surface area contributed by atoms with E-state index in [1.165, 1.54) is 10.9 Å². The number of benzene rings is 3. The second-order valence-corrected chi connectivity index (χ2v) is 11.6. The molecule has 3 nitrogen and oxygen atoms in total.